The summed E-state index contributed by atoms with van der Waals surface area (Å²) >= 11 is 12.0. The van der Waals surface area contributed by atoms with Crippen LogP contribution in [0.4, 0.5) is 4.79 Å². The monoisotopic (exact) mass is 464 g/mol. The van der Waals surface area contributed by atoms with Crippen LogP contribution in [-0.2, 0) is 16.1 Å². The van der Waals surface area contributed by atoms with Crippen molar-refractivity contribution in [3.63, 3.8) is 0 Å². The molecule has 0 spiro atoms. The lowest BCUT2D eigenvalue weighted by Crippen LogP contribution is -2.30. The number of carboxylic acids is 1. The third-order valence-electron chi connectivity index (χ3n) is 4.48. The van der Waals surface area contributed by atoms with Gasteiger partial charge in [0.2, 0.25) is 0 Å². The van der Waals surface area contributed by atoms with Gasteiger partial charge in [-0.3, -0.25) is 9.69 Å². The Balaban J connectivity index is 1.91. The summed E-state index contributed by atoms with van der Waals surface area (Å²) in [5.41, 5.74) is 0.912. The molecule has 10 heteroatoms. The van der Waals surface area contributed by atoms with Crippen LogP contribution in [0.5, 0.6) is 11.5 Å². The van der Waals surface area contributed by atoms with E-state index in [4.69, 9.17) is 37.8 Å². The van der Waals surface area contributed by atoms with E-state index in [0.29, 0.717) is 21.2 Å². The van der Waals surface area contributed by atoms with E-state index in [2.05, 4.69) is 5.32 Å². The summed E-state index contributed by atoms with van der Waals surface area (Å²) in [5, 5.41) is 12.4. The summed E-state index contributed by atoms with van der Waals surface area (Å²) in [6.45, 7) is 1.32. The molecule has 3 amide bonds. The Bertz CT molecular complexity index is 1090. The highest BCUT2D eigenvalue weighted by atomic mass is 35.5. The largest absolute Gasteiger partial charge is 0.493 e. The van der Waals surface area contributed by atoms with Crippen LogP contribution in [0.25, 0.3) is 6.08 Å². The van der Waals surface area contributed by atoms with Gasteiger partial charge < -0.3 is 19.9 Å². The Morgan fingerprint density at radius 2 is 2.00 bits per heavy atom. The maximum Gasteiger partial charge on any atom is 0.344 e. The topological polar surface area (TPSA) is 105 Å². The lowest BCUT2D eigenvalue weighted by molar-refractivity contribution is -0.144. The first-order valence-electron chi connectivity index (χ1n) is 9.06. The lowest BCUT2D eigenvalue weighted by Gasteiger charge is -2.16. The number of amides is 3. The summed E-state index contributed by atoms with van der Waals surface area (Å²) in [4.78, 5) is 37.4. The van der Waals surface area contributed by atoms with Crippen molar-refractivity contribution in [1.82, 2.24) is 10.2 Å². The van der Waals surface area contributed by atoms with Crippen LogP contribution >= 0.6 is 23.2 Å². The standard InChI is InChI=1S/C21H18Cl2N2O6/c1-11(20(27)28)31-18-12(4-3-5-17(18)30-2)8-16-19(26)25(21(29)24-16)10-13-6-7-14(22)9-15(13)23/h3-9,11H,10H2,1-2H3,(H,24,29)(H,27,28)/b16-8-/t11-/m1/s1. The minimum absolute atomic E-state index is 0.00355. The van der Waals surface area contributed by atoms with E-state index in [0.717, 1.165) is 4.90 Å². The number of methoxy groups -OCH3 is 1. The van der Waals surface area contributed by atoms with E-state index < -0.39 is 24.0 Å². The Kier molecular flexibility index (Phi) is 6.72. The molecule has 0 unspecified atom stereocenters. The van der Waals surface area contributed by atoms with E-state index in [9.17, 15) is 14.4 Å². The number of imide groups is 1. The molecule has 2 aromatic rings. The molecule has 0 aliphatic carbocycles. The van der Waals surface area contributed by atoms with Crippen LogP contribution in [-0.4, -0.2) is 41.1 Å². The molecule has 1 aliphatic rings. The molecule has 1 fully saturated rings. The number of carbonyl (C=O) groups is 3. The number of aliphatic carboxylic acids is 1. The number of urea groups is 1. The molecule has 31 heavy (non-hydrogen) atoms. The van der Waals surface area contributed by atoms with Crippen LogP contribution in [0, 0.1) is 0 Å². The van der Waals surface area contributed by atoms with Gasteiger partial charge in [0, 0.05) is 15.6 Å². The highest BCUT2D eigenvalue weighted by Gasteiger charge is 2.34. The first kappa shape index (κ1) is 22.5. The Hall–Kier alpha value is -3.23. The molecule has 0 aromatic heterocycles. The first-order valence-corrected chi connectivity index (χ1v) is 9.81. The van der Waals surface area contributed by atoms with E-state index in [1.807, 2.05) is 0 Å². The molecule has 2 N–H and O–H groups in total. The fourth-order valence-electron chi connectivity index (χ4n) is 2.85. The predicted molar refractivity (Wildman–Crippen MR) is 114 cm³/mol. The lowest BCUT2D eigenvalue weighted by atomic mass is 10.1. The zero-order chi connectivity index (χ0) is 22.7. The molecule has 0 radical (unpaired) electrons. The summed E-state index contributed by atoms with van der Waals surface area (Å²) in [6, 6.07) is 9.00. The normalized spacial score (nSPS) is 15.7. The first-order chi connectivity index (χ1) is 14.7. The number of benzene rings is 2. The van der Waals surface area contributed by atoms with E-state index in [-0.39, 0.29) is 23.7 Å². The fourth-order valence-corrected chi connectivity index (χ4v) is 3.32. The zero-order valence-corrected chi connectivity index (χ0v) is 18.0. The fraction of sp³-hybridized carbons (Fsp3) is 0.190. The minimum atomic E-state index is -1.17. The molecule has 1 heterocycles. The van der Waals surface area contributed by atoms with Crippen molar-refractivity contribution in [2.75, 3.05) is 7.11 Å². The summed E-state index contributed by atoms with van der Waals surface area (Å²) < 4.78 is 10.8. The molecule has 1 aliphatic heterocycles. The van der Waals surface area contributed by atoms with Gasteiger partial charge in [0.25, 0.3) is 5.91 Å². The van der Waals surface area contributed by atoms with E-state index >= 15 is 0 Å². The highest BCUT2D eigenvalue weighted by molar-refractivity contribution is 6.35. The van der Waals surface area contributed by atoms with Gasteiger partial charge >= 0.3 is 12.0 Å². The van der Waals surface area contributed by atoms with Gasteiger partial charge in [0.15, 0.2) is 17.6 Å². The third kappa shape index (κ3) is 4.92. The highest BCUT2D eigenvalue weighted by Crippen LogP contribution is 2.34. The smallest absolute Gasteiger partial charge is 0.344 e. The molecule has 3 rings (SSSR count). The molecule has 8 nitrogen and oxygen atoms in total. The van der Waals surface area contributed by atoms with Gasteiger partial charge in [-0.2, -0.15) is 0 Å². The summed E-state index contributed by atoms with van der Waals surface area (Å²) in [7, 11) is 1.41. The van der Waals surface area contributed by atoms with Crippen molar-refractivity contribution in [3.8, 4) is 11.5 Å². The van der Waals surface area contributed by atoms with Crippen LogP contribution < -0.4 is 14.8 Å². The average Bonchev–Trinajstić information content (AvgIpc) is 2.98. The predicted octanol–water partition coefficient (Wildman–Crippen LogP) is 3.95. The van der Waals surface area contributed by atoms with Crippen LogP contribution in [0.15, 0.2) is 42.1 Å². The number of nitrogens with one attached hydrogen (secondary N) is 1. The van der Waals surface area contributed by atoms with Gasteiger partial charge in [-0.1, -0.05) is 41.4 Å². The second kappa shape index (κ2) is 9.28. The number of nitrogens with zero attached hydrogens (tertiary/aromatic N) is 1. The molecule has 0 bridgehead atoms. The van der Waals surface area contributed by atoms with Gasteiger partial charge in [-0.05, 0) is 36.8 Å². The van der Waals surface area contributed by atoms with Gasteiger partial charge in [0.05, 0.1) is 13.7 Å². The molecule has 2 aromatic carbocycles. The van der Waals surface area contributed by atoms with Gasteiger partial charge in [-0.15, -0.1) is 0 Å². The number of halogens is 2. The maximum atomic E-state index is 12.8. The number of rotatable bonds is 7. The van der Waals surface area contributed by atoms with Crippen molar-refractivity contribution in [2.24, 2.45) is 0 Å². The second-order valence-electron chi connectivity index (χ2n) is 6.59. The Morgan fingerprint density at radius 1 is 1.26 bits per heavy atom. The van der Waals surface area contributed by atoms with Crippen LogP contribution in [0.3, 0.4) is 0 Å². The summed E-state index contributed by atoms with van der Waals surface area (Å²) in [5.74, 6) is -1.32. The number of para-hydroxylation sites is 1. The molecule has 162 valence electrons. The van der Waals surface area contributed by atoms with Crippen molar-refractivity contribution in [2.45, 2.75) is 19.6 Å². The average molecular weight is 465 g/mol. The van der Waals surface area contributed by atoms with Crippen LogP contribution in [0.1, 0.15) is 18.1 Å². The number of ether oxygens (including phenoxy) is 2. The van der Waals surface area contributed by atoms with Crippen molar-refractivity contribution >= 4 is 47.2 Å². The van der Waals surface area contributed by atoms with E-state index in [1.54, 1.807) is 30.3 Å². The third-order valence-corrected chi connectivity index (χ3v) is 5.06. The minimum Gasteiger partial charge on any atom is -0.493 e. The number of carbonyl (C=O) groups excluding carboxylic acids is 2. The quantitative estimate of drug-likeness (QED) is 0.474. The van der Waals surface area contributed by atoms with Gasteiger partial charge in [0.1, 0.15) is 5.70 Å². The second-order valence-corrected chi connectivity index (χ2v) is 7.44. The van der Waals surface area contributed by atoms with Crippen molar-refractivity contribution in [1.29, 1.82) is 0 Å². The van der Waals surface area contributed by atoms with E-state index in [1.165, 1.54) is 26.2 Å². The molecule has 1 saturated heterocycles. The van der Waals surface area contributed by atoms with Crippen molar-refractivity contribution < 1.29 is 29.0 Å². The Morgan fingerprint density at radius 3 is 2.65 bits per heavy atom. The molecular weight excluding hydrogens is 447 g/mol. The molecule has 1 atom stereocenters. The molecular formula is C21H18Cl2N2O6. The number of hydrogen-bond donors (Lipinski definition) is 2. The SMILES string of the molecule is COc1cccc(/C=C2\NC(=O)N(Cc3ccc(Cl)cc3Cl)C2=O)c1O[C@H](C)C(=O)O. The van der Waals surface area contributed by atoms with Crippen molar-refractivity contribution in [3.05, 3.63) is 63.3 Å². The Labute approximate surface area is 187 Å². The maximum absolute atomic E-state index is 12.8. The summed E-state index contributed by atoms with van der Waals surface area (Å²) in [6.07, 6.45) is 0.238. The molecule has 0 saturated carbocycles. The zero-order valence-electron chi connectivity index (χ0n) is 16.5. The number of carboxylic acid groups (broad SMARTS) is 1. The van der Waals surface area contributed by atoms with Crippen LogP contribution in [0.2, 0.25) is 10.0 Å². The van der Waals surface area contributed by atoms with Gasteiger partial charge in [-0.25, -0.2) is 9.59 Å². The number of hydrogen-bond acceptors (Lipinski definition) is 5.